The highest BCUT2D eigenvalue weighted by molar-refractivity contribution is 5.98. The molecule has 0 saturated carbocycles. The van der Waals surface area contributed by atoms with Gasteiger partial charge in [0.25, 0.3) is 11.6 Å². The molecule has 2 aromatic carbocycles. The highest BCUT2D eigenvalue weighted by atomic mass is 16.7. The van der Waals surface area contributed by atoms with E-state index in [4.69, 9.17) is 9.47 Å². The number of amides is 1. The SMILES string of the molecule is Cc1cccc(C(=O)N2CC[NH+](Cc3ccc4c(c3)OCO4)CC2)c1[N+](=O)[O-]. The van der Waals surface area contributed by atoms with Crippen LogP contribution in [0.5, 0.6) is 11.5 Å². The third-order valence-corrected chi connectivity index (χ3v) is 5.30. The molecule has 2 aliphatic heterocycles. The largest absolute Gasteiger partial charge is 0.454 e. The summed E-state index contributed by atoms with van der Waals surface area (Å²) in [4.78, 5) is 26.8. The first-order chi connectivity index (χ1) is 13.5. The Labute approximate surface area is 162 Å². The van der Waals surface area contributed by atoms with E-state index in [1.165, 1.54) is 4.90 Å². The second-order valence-electron chi connectivity index (χ2n) is 7.13. The van der Waals surface area contributed by atoms with Crippen molar-refractivity contribution in [2.45, 2.75) is 13.5 Å². The number of nitrogens with zero attached hydrogens (tertiary/aromatic N) is 2. The van der Waals surface area contributed by atoms with Gasteiger partial charge in [-0.3, -0.25) is 14.9 Å². The Bertz CT molecular complexity index is 922. The maximum atomic E-state index is 12.9. The molecule has 0 spiro atoms. The second-order valence-corrected chi connectivity index (χ2v) is 7.13. The van der Waals surface area contributed by atoms with Gasteiger partial charge >= 0.3 is 0 Å². The molecule has 4 rings (SSSR count). The highest BCUT2D eigenvalue weighted by Crippen LogP contribution is 2.32. The molecule has 0 bridgehead atoms. The van der Waals surface area contributed by atoms with E-state index in [1.807, 2.05) is 18.2 Å². The quantitative estimate of drug-likeness (QED) is 0.632. The van der Waals surface area contributed by atoms with Gasteiger partial charge in [0.05, 0.1) is 31.1 Å². The first kappa shape index (κ1) is 18.2. The lowest BCUT2D eigenvalue weighted by atomic mass is 10.1. The van der Waals surface area contributed by atoms with Gasteiger partial charge in [0.2, 0.25) is 6.79 Å². The summed E-state index contributed by atoms with van der Waals surface area (Å²) in [6.07, 6.45) is 0. The molecule has 1 N–H and O–H groups in total. The summed E-state index contributed by atoms with van der Waals surface area (Å²) in [6, 6.07) is 10.9. The number of nitrogens with one attached hydrogen (secondary N) is 1. The lowest BCUT2D eigenvalue weighted by Gasteiger charge is -2.32. The number of rotatable bonds is 4. The standard InChI is InChI=1S/C20H21N3O5/c1-14-3-2-4-16(19(14)23(25)26)20(24)22-9-7-21(8-10-22)12-15-5-6-17-18(11-15)28-13-27-17/h2-6,11H,7-10,12-13H2,1H3/p+1. The molecule has 2 aromatic rings. The van der Waals surface area contributed by atoms with Crippen LogP contribution in [-0.4, -0.2) is 48.7 Å². The van der Waals surface area contributed by atoms with Crippen molar-refractivity contribution in [1.29, 1.82) is 0 Å². The van der Waals surface area contributed by atoms with Crippen molar-refractivity contribution in [3.8, 4) is 11.5 Å². The number of nitro benzene ring substituents is 1. The normalized spacial score (nSPS) is 16.2. The number of quaternary nitrogens is 1. The predicted octanol–water partition coefficient (Wildman–Crippen LogP) is 1.17. The van der Waals surface area contributed by atoms with Crippen molar-refractivity contribution >= 4 is 11.6 Å². The zero-order chi connectivity index (χ0) is 19.7. The van der Waals surface area contributed by atoms with Gasteiger partial charge in [0.1, 0.15) is 12.1 Å². The number of para-hydroxylation sites is 1. The highest BCUT2D eigenvalue weighted by Gasteiger charge is 2.30. The third kappa shape index (κ3) is 3.50. The molecule has 8 nitrogen and oxygen atoms in total. The van der Waals surface area contributed by atoms with Crippen LogP contribution in [0.2, 0.25) is 0 Å². The van der Waals surface area contributed by atoms with Gasteiger partial charge in [0.15, 0.2) is 11.5 Å². The number of piperazine rings is 1. The number of carbonyl (C=O) groups excluding carboxylic acids is 1. The molecule has 2 aliphatic rings. The fourth-order valence-electron chi connectivity index (χ4n) is 3.79. The molecule has 0 atom stereocenters. The minimum absolute atomic E-state index is 0.0948. The van der Waals surface area contributed by atoms with Gasteiger partial charge in [-0.25, -0.2) is 0 Å². The van der Waals surface area contributed by atoms with Crippen molar-refractivity contribution < 1.29 is 24.1 Å². The van der Waals surface area contributed by atoms with E-state index >= 15 is 0 Å². The van der Waals surface area contributed by atoms with Crippen LogP contribution in [0.4, 0.5) is 5.69 Å². The van der Waals surface area contributed by atoms with E-state index in [2.05, 4.69) is 0 Å². The third-order valence-electron chi connectivity index (χ3n) is 5.30. The van der Waals surface area contributed by atoms with Gasteiger partial charge in [-0.15, -0.1) is 0 Å². The number of carbonyl (C=O) groups is 1. The minimum Gasteiger partial charge on any atom is -0.454 e. The average Bonchev–Trinajstić information content (AvgIpc) is 3.15. The Morgan fingerprint density at radius 1 is 1.18 bits per heavy atom. The van der Waals surface area contributed by atoms with Gasteiger partial charge < -0.3 is 19.3 Å². The maximum Gasteiger partial charge on any atom is 0.285 e. The van der Waals surface area contributed by atoms with Crippen LogP contribution in [-0.2, 0) is 6.54 Å². The monoisotopic (exact) mass is 384 g/mol. The summed E-state index contributed by atoms with van der Waals surface area (Å²) in [6.45, 7) is 5.48. The minimum atomic E-state index is -0.469. The Morgan fingerprint density at radius 2 is 1.93 bits per heavy atom. The average molecular weight is 384 g/mol. The summed E-state index contributed by atoms with van der Waals surface area (Å²) in [7, 11) is 0. The summed E-state index contributed by atoms with van der Waals surface area (Å²) < 4.78 is 10.8. The Balaban J connectivity index is 1.40. The molecule has 1 fully saturated rings. The molecule has 146 valence electrons. The van der Waals surface area contributed by atoms with E-state index in [0.717, 1.165) is 36.7 Å². The Hall–Kier alpha value is -3.13. The topological polar surface area (TPSA) is 86.4 Å². The summed E-state index contributed by atoms with van der Waals surface area (Å²) in [5.41, 5.74) is 1.74. The number of hydrogen-bond acceptors (Lipinski definition) is 5. The van der Waals surface area contributed by atoms with E-state index < -0.39 is 4.92 Å². The molecule has 28 heavy (non-hydrogen) atoms. The second kappa shape index (κ2) is 7.47. The number of nitro groups is 1. The van der Waals surface area contributed by atoms with Crippen molar-refractivity contribution in [1.82, 2.24) is 4.90 Å². The van der Waals surface area contributed by atoms with Crippen LogP contribution in [0.3, 0.4) is 0 Å². The molecule has 2 heterocycles. The van der Waals surface area contributed by atoms with Crippen LogP contribution < -0.4 is 14.4 Å². The van der Waals surface area contributed by atoms with Crippen LogP contribution in [0.1, 0.15) is 21.5 Å². The van der Waals surface area contributed by atoms with E-state index in [0.29, 0.717) is 18.7 Å². The smallest absolute Gasteiger partial charge is 0.285 e. The fraction of sp³-hybridized carbons (Fsp3) is 0.350. The van der Waals surface area contributed by atoms with Gasteiger partial charge in [-0.2, -0.15) is 0 Å². The van der Waals surface area contributed by atoms with Crippen LogP contribution in [0.15, 0.2) is 36.4 Å². The zero-order valence-electron chi connectivity index (χ0n) is 15.6. The molecule has 0 aliphatic carbocycles. The summed E-state index contributed by atoms with van der Waals surface area (Å²) >= 11 is 0. The number of aryl methyl sites for hydroxylation is 1. The molecule has 1 saturated heterocycles. The van der Waals surface area contributed by atoms with Gasteiger partial charge in [0, 0.05) is 11.1 Å². The van der Waals surface area contributed by atoms with Crippen molar-refractivity contribution in [3.63, 3.8) is 0 Å². The number of hydrogen-bond donors (Lipinski definition) is 1. The zero-order valence-corrected chi connectivity index (χ0v) is 15.6. The fourth-order valence-corrected chi connectivity index (χ4v) is 3.79. The van der Waals surface area contributed by atoms with Crippen molar-refractivity contribution in [3.05, 3.63) is 63.2 Å². The molecular weight excluding hydrogens is 362 g/mol. The van der Waals surface area contributed by atoms with Crippen LogP contribution in [0.25, 0.3) is 0 Å². The van der Waals surface area contributed by atoms with E-state index in [9.17, 15) is 14.9 Å². The van der Waals surface area contributed by atoms with Crippen molar-refractivity contribution in [2.75, 3.05) is 33.0 Å². The number of ether oxygens (including phenoxy) is 2. The van der Waals surface area contributed by atoms with E-state index in [-0.39, 0.29) is 24.0 Å². The lowest BCUT2D eigenvalue weighted by molar-refractivity contribution is -0.917. The predicted molar refractivity (Wildman–Crippen MR) is 101 cm³/mol. The maximum absolute atomic E-state index is 12.9. The van der Waals surface area contributed by atoms with Gasteiger partial charge in [-0.05, 0) is 31.2 Å². The van der Waals surface area contributed by atoms with Crippen molar-refractivity contribution in [2.24, 2.45) is 0 Å². The number of fused-ring (bicyclic) bond motifs is 1. The number of benzene rings is 2. The Morgan fingerprint density at radius 3 is 2.68 bits per heavy atom. The Kier molecular flexibility index (Phi) is 4.87. The molecule has 0 radical (unpaired) electrons. The van der Waals surface area contributed by atoms with Gasteiger partial charge in [-0.1, -0.05) is 12.1 Å². The molecule has 1 amide bonds. The molecular formula is C20H22N3O5+. The molecule has 0 aromatic heterocycles. The lowest BCUT2D eigenvalue weighted by Crippen LogP contribution is -3.13. The van der Waals surface area contributed by atoms with E-state index in [1.54, 1.807) is 30.0 Å². The first-order valence-corrected chi connectivity index (χ1v) is 9.28. The molecule has 8 heteroatoms. The summed E-state index contributed by atoms with van der Waals surface area (Å²) in [5, 5.41) is 11.4. The van der Waals surface area contributed by atoms with Crippen LogP contribution in [0, 0.1) is 17.0 Å². The first-order valence-electron chi connectivity index (χ1n) is 9.28. The molecule has 0 unspecified atom stereocenters. The summed E-state index contributed by atoms with van der Waals surface area (Å²) in [5.74, 6) is 1.28. The van der Waals surface area contributed by atoms with Crippen LogP contribution >= 0.6 is 0 Å².